The number of fused-ring (bicyclic) bond motifs is 3. The van der Waals surface area contributed by atoms with Crippen LogP contribution in [0.15, 0.2) is 48.5 Å². The Hall–Kier alpha value is -3.15. The minimum atomic E-state index is -0.815. The third-order valence-electron chi connectivity index (χ3n) is 6.31. The Kier molecular flexibility index (Phi) is 6.88. The third-order valence-corrected chi connectivity index (χ3v) is 6.31. The van der Waals surface area contributed by atoms with Crippen molar-refractivity contribution in [3.8, 4) is 0 Å². The van der Waals surface area contributed by atoms with Crippen molar-refractivity contribution in [3.63, 3.8) is 0 Å². The van der Waals surface area contributed by atoms with Crippen LogP contribution in [0.3, 0.4) is 0 Å². The Labute approximate surface area is 187 Å². The quantitative estimate of drug-likeness (QED) is 0.483. The Morgan fingerprint density at radius 2 is 1.72 bits per heavy atom. The molecule has 0 fully saturated rings. The molecule has 3 aromatic rings. The van der Waals surface area contributed by atoms with Gasteiger partial charge in [-0.05, 0) is 61.4 Å². The lowest BCUT2D eigenvalue weighted by molar-refractivity contribution is -0.137. The lowest BCUT2D eigenvalue weighted by atomic mass is 10.0. The summed E-state index contributed by atoms with van der Waals surface area (Å²) in [6.45, 7) is 2.14. The smallest absolute Gasteiger partial charge is 0.303 e. The molecule has 2 aromatic carbocycles. The number of aliphatic carboxylic acids is 1. The van der Waals surface area contributed by atoms with E-state index < -0.39 is 5.97 Å². The van der Waals surface area contributed by atoms with Gasteiger partial charge < -0.3 is 14.6 Å². The highest BCUT2D eigenvalue weighted by atomic mass is 19.1. The highest BCUT2D eigenvalue weighted by molar-refractivity contribution is 5.86. The molecule has 1 aliphatic heterocycles. The van der Waals surface area contributed by atoms with Gasteiger partial charge in [0.1, 0.15) is 5.82 Å². The van der Waals surface area contributed by atoms with Crippen LogP contribution in [0.4, 0.5) is 4.39 Å². The molecule has 0 aliphatic carbocycles. The molecule has 1 aromatic heterocycles. The maximum Gasteiger partial charge on any atom is 0.303 e. The van der Waals surface area contributed by atoms with Crippen LogP contribution in [0, 0.1) is 5.82 Å². The lowest BCUT2D eigenvalue weighted by Gasteiger charge is -2.29. The van der Waals surface area contributed by atoms with Crippen molar-refractivity contribution in [1.82, 2.24) is 9.47 Å². The first-order valence-electron chi connectivity index (χ1n) is 11.4. The zero-order valence-corrected chi connectivity index (χ0v) is 18.2. The fraction of sp³-hybridized carbons (Fsp3) is 0.385. The number of carboxylic acids is 1. The topological polar surface area (TPSA) is 62.5 Å². The summed E-state index contributed by atoms with van der Waals surface area (Å²) in [5, 5.41) is 10.0. The normalized spacial score (nSPS) is 13.3. The standard InChI is InChI=1S/C26H29FN2O3/c27-20-13-11-19(12-14-20)6-5-16-29-23-8-2-1-7-21(23)22-15-17-28(18-24(22)29)25(30)9-3-4-10-26(31)32/h1-2,7-8,11-14H,3-6,9-10,15-18H2,(H,31,32). The molecular formula is C26H29FN2O3. The van der Waals surface area contributed by atoms with Gasteiger partial charge in [-0.15, -0.1) is 0 Å². The molecule has 0 saturated heterocycles. The highest BCUT2D eigenvalue weighted by Crippen LogP contribution is 2.31. The molecule has 1 N–H and O–H groups in total. The van der Waals surface area contributed by atoms with Gasteiger partial charge in [-0.1, -0.05) is 30.3 Å². The number of carboxylic acid groups (broad SMARTS) is 1. The number of benzene rings is 2. The van der Waals surface area contributed by atoms with Crippen molar-refractivity contribution in [2.45, 2.75) is 58.0 Å². The van der Waals surface area contributed by atoms with E-state index in [1.54, 1.807) is 0 Å². The lowest BCUT2D eigenvalue weighted by Crippen LogP contribution is -2.36. The molecule has 0 unspecified atom stereocenters. The van der Waals surface area contributed by atoms with Gasteiger partial charge in [-0.2, -0.15) is 0 Å². The molecule has 0 spiro atoms. The van der Waals surface area contributed by atoms with Crippen LogP contribution >= 0.6 is 0 Å². The predicted octanol–water partition coefficient (Wildman–Crippen LogP) is 4.94. The molecule has 2 heterocycles. The second-order valence-corrected chi connectivity index (χ2v) is 8.49. The fourth-order valence-electron chi connectivity index (χ4n) is 4.67. The molecule has 0 radical (unpaired) electrons. The number of hydrogen-bond donors (Lipinski definition) is 1. The Balaban J connectivity index is 1.47. The molecule has 0 bridgehead atoms. The largest absolute Gasteiger partial charge is 0.481 e. The van der Waals surface area contributed by atoms with Crippen LogP contribution in [0.1, 0.15) is 48.9 Å². The number of rotatable bonds is 9. The molecule has 32 heavy (non-hydrogen) atoms. The summed E-state index contributed by atoms with van der Waals surface area (Å²) >= 11 is 0. The van der Waals surface area contributed by atoms with Crippen LogP contribution in [0.5, 0.6) is 0 Å². The second-order valence-electron chi connectivity index (χ2n) is 8.49. The fourth-order valence-corrected chi connectivity index (χ4v) is 4.67. The molecule has 168 valence electrons. The van der Waals surface area contributed by atoms with E-state index in [4.69, 9.17) is 5.11 Å². The maximum absolute atomic E-state index is 13.2. The highest BCUT2D eigenvalue weighted by Gasteiger charge is 2.26. The van der Waals surface area contributed by atoms with Gasteiger partial charge >= 0.3 is 5.97 Å². The summed E-state index contributed by atoms with van der Waals surface area (Å²) in [5.74, 6) is -0.929. The van der Waals surface area contributed by atoms with Crippen molar-refractivity contribution in [1.29, 1.82) is 0 Å². The summed E-state index contributed by atoms with van der Waals surface area (Å²) in [6.07, 6.45) is 4.28. The Bertz CT molecular complexity index is 1100. The van der Waals surface area contributed by atoms with E-state index in [-0.39, 0.29) is 18.1 Å². The number of hydrogen-bond acceptors (Lipinski definition) is 2. The van der Waals surface area contributed by atoms with E-state index in [2.05, 4.69) is 28.8 Å². The number of para-hydroxylation sites is 1. The van der Waals surface area contributed by atoms with E-state index >= 15 is 0 Å². The second kappa shape index (κ2) is 9.98. The number of aryl methyl sites for hydroxylation is 2. The summed E-state index contributed by atoms with van der Waals surface area (Å²) < 4.78 is 15.5. The zero-order chi connectivity index (χ0) is 22.5. The average Bonchev–Trinajstić information content (AvgIpc) is 3.11. The van der Waals surface area contributed by atoms with Gasteiger partial charge in [0.15, 0.2) is 0 Å². The van der Waals surface area contributed by atoms with Gasteiger partial charge in [0.25, 0.3) is 0 Å². The first kappa shape index (κ1) is 22.1. The monoisotopic (exact) mass is 436 g/mol. The molecule has 1 aliphatic rings. The number of carbonyl (C=O) groups is 2. The predicted molar refractivity (Wildman–Crippen MR) is 122 cm³/mol. The first-order chi connectivity index (χ1) is 15.5. The van der Waals surface area contributed by atoms with Crippen LogP contribution < -0.4 is 0 Å². The Morgan fingerprint density at radius 1 is 0.969 bits per heavy atom. The van der Waals surface area contributed by atoms with Gasteiger partial charge in [-0.3, -0.25) is 9.59 Å². The molecule has 1 amide bonds. The molecular weight excluding hydrogens is 407 g/mol. The number of unbranched alkanes of at least 4 members (excludes halogenated alkanes) is 1. The molecule has 4 rings (SSSR count). The van der Waals surface area contributed by atoms with Crippen molar-refractivity contribution in [2.75, 3.05) is 6.54 Å². The number of amides is 1. The van der Waals surface area contributed by atoms with Gasteiger partial charge in [0.05, 0.1) is 6.54 Å². The number of halogens is 1. The first-order valence-corrected chi connectivity index (χ1v) is 11.4. The van der Waals surface area contributed by atoms with Crippen LogP contribution in [-0.4, -0.2) is 33.0 Å². The van der Waals surface area contributed by atoms with E-state index in [0.717, 1.165) is 31.4 Å². The number of carbonyl (C=O) groups excluding carboxylic acids is 1. The Morgan fingerprint density at radius 3 is 2.50 bits per heavy atom. The molecule has 0 saturated carbocycles. The summed E-state index contributed by atoms with van der Waals surface area (Å²) in [4.78, 5) is 25.3. The van der Waals surface area contributed by atoms with E-state index in [9.17, 15) is 14.0 Å². The number of nitrogens with zero attached hydrogens (tertiary/aromatic N) is 2. The maximum atomic E-state index is 13.2. The zero-order valence-electron chi connectivity index (χ0n) is 18.2. The number of aromatic nitrogens is 1. The van der Waals surface area contributed by atoms with Crippen LogP contribution in [0.25, 0.3) is 10.9 Å². The SMILES string of the molecule is O=C(O)CCCCC(=O)N1CCc2c(n(CCCc3ccc(F)cc3)c3ccccc23)C1. The van der Waals surface area contributed by atoms with Crippen LogP contribution in [-0.2, 0) is 35.5 Å². The van der Waals surface area contributed by atoms with E-state index in [1.807, 2.05) is 17.0 Å². The van der Waals surface area contributed by atoms with Gasteiger partial charge in [0.2, 0.25) is 5.91 Å². The average molecular weight is 437 g/mol. The van der Waals surface area contributed by atoms with Crippen molar-refractivity contribution in [3.05, 3.63) is 71.2 Å². The van der Waals surface area contributed by atoms with Gasteiger partial charge in [-0.25, -0.2) is 4.39 Å². The van der Waals surface area contributed by atoms with Gasteiger partial charge in [0, 0.05) is 42.5 Å². The molecule has 6 heteroatoms. The summed E-state index contributed by atoms with van der Waals surface area (Å²) in [5.41, 5.74) is 4.86. The van der Waals surface area contributed by atoms with Crippen LogP contribution in [0.2, 0.25) is 0 Å². The summed E-state index contributed by atoms with van der Waals surface area (Å²) in [7, 11) is 0. The summed E-state index contributed by atoms with van der Waals surface area (Å²) in [6, 6.07) is 15.1. The molecule has 0 atom stereocenters. The van der Waals surface area contributed by atoms with Crippen molar-refractivity contribution >= 4 is 22.8 Å². The van der Waals surface area contributed by atoms with E-state index in [0.29, 0.717) is 32.4 Å². The third kappa shape index (κ3) is 5.01. The molecule has 5 nitrogen and oxygen atoms in total. The van der Waals surface area contributed by atoms with E-state index in [1.165, 1.54) is 34.3 Å². The van der Waals surface area contributed by atoms with Crippen molar-refractivity contribution in [2.24, 2.45) is 0 Å². The minimum absolute atomic E-state index is 0.101. The van der Waals surface area contributed by atoms with Crippen molar-refractivity contribution < 1.29 is 19.1 Å². The minimum Gasteiger partial charge on any atom is -0.481 e.